The molecule has 0 bridgehead atoms. The first-order valence-corrected chi connectivity index (χ1v) is 6.70. The fourth-order valence-electron chi connectivity index (χ4n) is 3.31. The van der Waals surface area contributed by atoms with Crippen LogP contribution in [0.1, 0.15) is 58.3 Å². The lowest BCUT2D eigenvalue weighted by molar-refractivity contribution is -0.0292. The highest BCUT2D eigenvalue weighted by Crippen LogP contribution is 2.31. The van der Waals surface area contributed by atoms with E-state index in [2.05, 4.69) is 11.8 Å². The first kappa shape index (κ1) is 11.4. The Kier molecular flexibility index (Phi) is 3.68. The van der Waals surface area contributed by atoms with Gasteiger partial charge in [-0.15, -0.1) is 0 Å². The molecular weight excluding hydrogens is 186 g/mol. The standard InChI is InChI=1S/C13H25NO/c1-2-12-7-6-10-14(12)11-13(15)8-4-3-5-9-13/h12,15H,2-11H2,1H3. The number of β-amino-alcohol motifs (C(OH)–C–C–N with tert-alkyl or cyclic N) is 1. The van der Waals surface area contributed by atoms with Crippen molar-refractivity contribution in [1.82, 2.24) is 4.90 Å². The highest BCUT2D eigenvalue weighted by atomic mass is 16.3. The van der Waals surface area contributed by atoms with Gasteiger partial charge in [0.05, 0.1) is 5.60 Å². The van der Waals surface area contributed by atoms with E-state index in [4.69, 9.17) is 0 Å². The molecule has 2 heteroatoms. The maximum Gasteiger partial charge on any atom is 0.0774 e. The topological polar surface area (TPSA) is 23.5 Å². The number of hydrogen-bond acceptors (Lipinski definition) is 2. The van der Waals surface area contributed by atoms with Gasteiger partial charge >= 0.3 is 0 Å². The van der Waals surface area contributed by atoms with Crippen molar-refractivity contribution < 1.29 is 5.11 Å². The summed E-state index contributed by atoms with van der Waals surface area (Å²) in [6, 6.07) is 0.746. The molecule has 2 nitrogen and oxygen atoms in total. The molecule has 1 unspecified atom stereocenters. The maximum atomic E-state index is 10.5. The van der Waals surface area contributed by atoms with Gasteiger partial charge in [0.2, 0.25) is 0 Å². The summed E-state index contributed by atoms with van der Waals surface area (Å²) in [5.41, 5.74) is -0.351. The van der Waals surface area contributed by atoms with Gasteiger partial charge in [-0.2, -0.15) is 0 Å². The minimum atomic E-state index is -0.351. The van der Waals surface area contributed by atoms with Crippen LogP contribution in [0, 0.1) is 0 Å². The van der Waals surface area contributed by atoms with Crippen LogP contribution < -0.4 is 0 Å². The van der Waals surface area contributed by atoms with E-state index in [1.807, 2.05) is 0 Å². The molecule has 0 aromatic rings. The van der Waals surface area contributed by atoms with Crippen LogP contribution in [0.3, 0.4) is 0 Å². The largest absolute Gasteiger partial charge is 0.389 e. The molecule has 0 amide bonds. The molecule has 0 radical (unpaired) electrons. The van der Waals surface area contributed by atoms with Crippen LogP contribution in [-0.2, 0) is 0 Å². The van der Waals surface area contributed by atoms with Gasteiger partial charge in [0.1, 0.15) is 0 Å². The summed E-state index contributed by atoms with van der Waals surface area (Å²) in [4.78, 5) is 2.53. The van der Waals surface area contributed by atoms with Crippen molar-refractivity contribution in [2.24, 2.45) is 0 Å². The van der Waals surface area contributed by atoms with Gasteiger partial charge in [-0.05, 0) is 38.6 Å². The Morgan fingerprint density at radius 2 is 1.93 bits per heavy atom. The Morgan fingerprint density at radius 3 is 2.60 bits per heavy atom. The Hall–Kier alpha value is -0.0800. The van der Waals surface area contributed by atoms with Crippen LogP contribution in [-0.4, -0.2) is 34.7 Å². The van der Waals surface area contributed by atoms with Crippen LogP contribution in [0.25, 0.3) is 0 Å². The Bertz CT molecular complexity index is 199. The zero-order valence-corrected chi connectivity index (χ0v) is 10.0. The summed E-state index contributed by atoms with van der Waals surface area (Å²) < 4.78 is 0. The van der Waals surface area contributed by atoms with E-state index in [1.165, 1.54) is 45.1 Å². The van der Waals surface area contributed by atoms with E-state index < -0.39 is 0 Å². The van der Waals surface area contributed by atoms with Crippen molar-refractivity contribution in [3.63, 3.8) is 0 Å². The average Bonchev–Trinajstić information content (AvgIpc) is 2.65. The summed E-state index contributed by atoms with van der Waals surface area (Å²) in [6.07, 6.45) is 9.74. The van der Waals surface area contributed by atoms with Gasteiger partial charge < -0.3 is 5.11 Å². The van der Waals surface area contributed by atoms with Gasteiger partial charge in [-0.25, -0.2) is 0 Å². The quantitative estimate of drug-likeness (QED) is 0.775. The van der Waals surface area contributed by atoms with E-state index in [1.54, 1.807) is 0 Å². The second-order valence-electron chi connectivity index (χ2n) is 5.46. The number of hydrogen-bond donors (Lipinski definition) is 1. The van der Waals surface area contributed by atoms with Crippen LogP contribution >= 0.6 is 0 Å². The van der Waals surface area contributed by atoms with Crippen molar-refractivity contribution >= 4 is 0 Å². The first-order valence-electron chi connectivity index (χ1n) is 6.70. The second-order valence-corrected chi connectivity index (χ2v) is 5.46. The van der Waals surface area contributed by atoms with Gasteiger partial charge in [0.25, 0.3) is 0 Å². The number of aliphatic hydroxyl groups is 1. The Labute approximate surface area is 93.7 Å². The summed E-state index contributed by atoms with van der Waals surface area (Å²) in [5.74, 6) is 0. The van der Waals surface area contributed by atoms with E-state index >= 15 is 0 Å². The molecule has 1 N–H and O–H groups in total. The Balaban J connectivity index is 1.88. The molecule has 2 rings (SSSR count). The second kappa shape index (κ2) is 4.84. The lowest BCUT2D eigenvalue weighted by Gasteiger charge is -2.37. The van der Waals surface area contributed by atoms with E-state index in [-0.39, 0.29) is 5.60 Å². The molecule has 0 aromatic heterocycles. The van der Waals surface area contributed by atoms with Crippen molar-refractivity contribution in [2.45, 2.75) is 69.9 Å². The lowest BCUT2D eigenvalue weighted by Crippen LogP contribution is -2.46. The molecule has 1 heterocycles. The van der Waals surface area contributed by atoms with Crippen molar-refractivity contribution in [3.05, 3.63) is 0 Å². The monoisotopic (exact) mass is 211 g/mol. The van der Waals surface area contributed by atoms with Gasteiger partial charge in [0, 0.05) is 12.6 Å². The van der Waals surface area contributed by atoms with Crippen LogP contribution in [0.15, 0.2) is 0 Å². The molecule has 2 aliphatic rings. The van der Waals surface area contributed by atoms with Crippen LogP contribution in [0.2, 0.25) is 0 Å². The van der Waals surface area contributed by atoms with Gasteiger partial charge in [-0.3, -0.25) is 4.90 Å². The third-order valence-corrected chi connectivity index (χ3v) is 4.25. The van der Waals surface area contributed by atoms with E-state index in [0.29, 0.717) is 0 Å². The highest BCUT2D eigenvalue weighted by Gasteiger charge is 2.34. The molecule has 2 fully saturated rings. The molecule has 88 valence electrons. The van der Waals surface area contributed by atoms with Gasteiger partial charge in [0.15, 0.2) is 0 Å². The molecule has 1 saturated carbocycles. The molecule has 1 aliphatic heterocycles. The molecule has 0 aromatic carbocycles. The third kappa shape index (κ3) is 2.73. The molecule has 15 heavy (non-hydrogen) atoms. The molecule has 0 spiro atoms. The van der Waals surface area contributed by atoms with Crippen molar-refractivity contribution in [2.75, 3.05) is 13.1 Å². The summed E-state index contributed by atoms with van der Waals surface area (Å²) in [6.45, 7) is 4.42. The summed E-state index contributed by atoms with van der Waals surface area (Å²) in [7, 11) is 0. The zero-order valence-electron chi connectivity index (χ0n) is 10.0. The van der Waals surface area contributed by atoms with E-state index in [0.717, 1.165) is 25.4 Å². The van der Waals surface area contributed by atoms with Crippen molar-refractivity contribution in [1.29, 1.82) is 0 Å². The fourth-order valence-corrected chi connectivity index (χ4v) is 3.31. The number of rotatable bonds is 3. The molecule has 1 saturated heterocycles. The normalized spacial score (nSPS) is 32.0. The third-order valence-electron chi connectivity index (χ3n) is 4.25. The highest BCUT2D eigenvalue weighted by molar-refractivity contribution is 4.89. The molecule has 1 aliphatic carbocycles. The number of likely N-dealkylation sites (tertiary alicyclic amines) is 1. The summed E-state index contributed by atoms with van der Waals surface area (Å²) in [5, 5.41) is 10.5. The SMILES string of the molecule is CCC1CCCN1CC1(O)CCCCC1. The molecular formula is C13H25NO. The zero-order chi connectivity index (χ0) is 10.7. The first-order chi connectivity index (χ1) is 7.23. The van der Waals surface area contributed by atoms with Gasteiger partial charge in [-0.1, -0.05) is 26.2 Å². The smallest absolute Gasteiger partial charge is 0.0774 e. The maximum absolute atomic E-state index is 10.5. The minimum absolute atomic E-state index is 0.351. The van der Waals surface area contributed by atoms with E-state index in [9.17, 15) is 5.11 Å². The summed E-state index contributed by atoms with van der Waals surface area (Å²) >= 11 is 0. The van der Waals surface area contributed by atoms with Crippen LogP contribution in [0.4, 0.5) is 0 Å². The predicted molar refractivity (Wildman–Crippen MR) is 62.9 cm³/mol. The average molecular weight is 211 g/mol. The lowest BCUT2D eigenvalue weighted by atomic mass is 9.84. The number of nitrogens with zero attached hydrogens (tertiary/aromatic N) is 1. The molecule has 1 atom stereocenters. The fraction of sp³-hybridized carbons (Fsp3) is 1.00. The Morgan fingerprint density at radius 1 is 1.20 bits per heavy atom. The van der Waals surface area contributed by atoms with Crippen LogP contribution in [0.5, 0.6) is 0 Å². The minimum Gasteiger partial charge on any atom is -0.389 e. The predicted octanol–water partition coefficient (Wildman–Crippen LogP) is 2.56. The van der Waals surface area contributed by atoms with Crippen molar-refractivity contribution in [3.8, 4) is 0 Å².